The van der Waals surface area contributed by atoms with E-state index in [0.717, 1.165) is 41.9 Å². The van der Waals surface area contributed by atoms with E-state index in [1.807, 2.05) is 78.5 Å². The number of halogens is 2. The minimum absolute atomic E-state index is 0. The molecule has 752 valence electrons. The van der Waals surface area contributed by atoms with Gasteiger partial charge < -0.3 is 81.8 Å². The number of aryl methyl sites for hydroxylation is 3. The van der Waals surface area contributed by atoms with Gasteiger partial charge in [-0.1, -0.05) is 80.5 Å². The van der Waals surface area contributed by atoms with E-state index in [9.17, 15) is 57.0 Å². The normalized spacial score (nSPS) is 33.9. The predicted octanol–water partition coefficient (Wildman–Crippen LogP) is 12.5. The Morgan fingerprint density at radius 3 is 1.40 bits per heavy atom. The second-order valence-electron chi connectivity index (χ2n) is 38.0. The molecule has 33 nitrogen and oxygen atoms in total. The lowest BCUT2D eigenvalue weighted by Gasteiger charge is -2.47. The number of hydrogen-bond donors (Lipinski definition) is 3. The molecule has 11 rings (SSSR count). The fraction of sp³-hybridized carbons (Fsp3) is 0.660. The zero-order chi connectivity index (χ0) is 99.8. The summed E-state index contributed by atoms with van der Waals surface area (Å²) in [5.41, 5.74) is -8.14. The summed E-state index contributed by atoms with van der Waals surface area (Å²) >= 11 is 0. The lowest BCUT2D eigenvalue weighted by Crippen LogP contribution is -2.62. The van der Waals surface area contributed by atoms with Gasteiger partial charge in [0.2, 0.25) is 0 Å². The number of nitrogens with zero attached hydrogens (tertiary/aromatic N) is 9. The van der Waals surface area contributed by atoms with Crippen LogP contribution in [0.25, 0.3) is 22.5 Å². The number of amides is 2. The number of hydrogen-bond acceptors (Lipinski definition) is 29. The first kappa shape index (κ1) is 112. The number of fused-ring (bicyclic) bond motifs is 2. The first-order valence-electron chi connectivity index (χ1n) is 46.7. The summed E-state index contributed by atoms with van der Waals surface area (Å²) in [6.45, 7) is 29.0. The molecule has 6 fully saturated rings. The highest BCUT2D eigenvalue weighted by molar-refractivity contribution is 7.86. The minimum atomic E-state index is -3.64. The number of methoxy groups -OCH3 is 2. The standard InChI is InChI=1S/C46H66FN5O10.C42H62FN5O10.C11H12O3S.CH4/c1-12-14-20-50(10)34-23-29(4)59-41(37(34)54)61-40-31(6)39(55)45(8,47)42(56)60-35(13-2)46(9)38(30(5)36(53)28(3)24-44(40,7)58-11)52(43(57)62-46)22-16-15-21-51-26-33(49-27-51)32-18-17-19-48-25-32;1-11-31-42(8)34(48(39(53)58-42)18-13-12-17-47-22-30(46-23-47)28-15-14-16-45-21-28)26(4)32(49)24(2)20-40(6,54-10)36(27(5)35(51)41(7,43)38(52)56-31)57-37-33(50)29(44-9)19-25(3)55-37;1-3-4-9-14-15(12,13)11-7-5-10(2)6-8-11;/h1,17-19,25-31,34-35,37-38,40-41,54H,13-16,20-24H2,2-11H3;14-16,21-27,29,31,33-34,36-37,44,50H,11-13,17-20H2,1-10H3;1,5-8H,4,9H2,2H3;1H4/t28-,29-,30+,31+,34+,35-,37-,38?,40-,41+,44-,45+,46-;24-,25-,26+,27+,29+,31-,33-,34?,36-,37+,40-,41+,42-;;/m11../s1. The topological polar surface area (TPSA) is 396 Å². The van der Waals surface area contributed by atoms with E-state index in [4.69, 9.17) is 64.4 Å². The summed E-state index contributed by atoms with van der Waals surface area (Å²) in [6, 6.07) is 11.3. The largest absolute Gasteiger partial charge is 0.455 e. The average Bonchev–Trinajstić information content (AvgIpc) is 1.57. The van der Waals surface area contributed by atoms with Crippen LogP contribution in [0, 0.1) is 67.1 Å². The van der Waals surface area contributed by atoms with E-state index in [1.165, 1.54) is 50.0 Å². The van der Waals surface area contributed by atoms with Crippen molar-refractivity contribution in [3.05, 3.63) is 104 Å². The van der Waals surface area contributed by atoms with Crippen LogP contribution in [0.3, 0.4) is 0 Å². The van der Waals surface area contributed by atoms with Crippen LogP contribution in [0.2, 0.25) is 0 Å². The molecule has 10 heterocycles. The number of alkyl halides is 2. The number of unbranched alkanes of at least 4 members (excludes halogenated alkanes) is 2. The summed E-state index contributed by atoms with van der Waals surface area (Å²) in [4.78, 5) is 136. The van der Waals surface area contributed by atoms with Crippen LogP contribution >= 0.6 is 0 Å². The van der Waals surface area contributed by atoms with Crippen molar-refractivity contribution < 1.29 is 117 Å². The number of benzene rings is 1. The molecule has 0 bridgehead atoms. The van der Waals surface area contributed by atoms with Crippen molar-refractivity contribution in [3.8, 4) is 47.2 Å². The number of nitrogens with one attached hydrogen (secondary N) is 1. The minimum Gasteiger partial charge on any atom is -0.455 e. The monoisotopic (exact) mass is 1920 g/mol. The van der Waals surface area contributed by atoms with Gasteiger partial charge in [0, 0.05) is 156 Å². The number of imidazole rings is 2. The molecule has 1 aromatic carbocycles. The summed E-state index contributed by atoms with van der Waals surface area (Å²) in [6.07, 6.45) is 16.7. The molecule has 136 heavy (non-hydrogen) atoms. The number of pyridine rings is 2. The maximum absolute atomic E-state index is 17.0. The number of esters is 2. The van der Waals surface area contributed by atoms with Crippen molar-refractivity contribution in [2.45, 2.75) is 339 Å². The van der Waals surface area contributed by atoms with Crippen LogP contribution in [-0.2, 0) is 104 Å². The molecule has 26 atom stereocenters. The van der Waals surface area contributed by atoms with Crippen LogP contribution in [0.5, 0.6) is 0 Å². The van der Waals surface area contributed by atoms with E-state index in [1.54, 1.807) is 126 Å². The quantitative estimate of drug-likeness (QED) is 0.0105. The molecule has 6 aliphatic rings. The number of aromatic nitrogens is 6. The Labute approximate surface area is 800 Å². The number of ketones is 4. The number of rotatable bonds is 28. The number of carbonyl (C=O) groups excluding carboxylic acids is 8. The molecular weight excluding hydrogens is 1780 g/mol. The molecule has 6 saturated heterocycles. The van der Waals surface area contributed by atoms with Gasteiger partial charge in [0.15, 0.2) is 35.3 Å². The van der Waals surface area contributed by atoms with E-state index < -0.39 is 195 Å². The predicted molar refractivity (Wildman–Crippen MR) is 501 cm³/mol. The van der Waals surface area contributed by atoms with Crippen molar-refractivity contribution in [1.29, 1.82) is 0 Å². The number of likely N-dealkylation sites (N-methyl/N-ethyl adjacent to an activating group) is 2. The molecule has 2 unspecified atom stereocenters. The SMILES string of the molecule is C.C#CCCN(C)[C@H]1C[C@@H](C)O[C@@H](O[C@@H]2[C@@H](C)C(=O)[C@](C)(F)C(=O)O[C@H](CC)[C@@]3(C)OC(=O)N(CCCCn4cnc(-c5cccnc5)c4)C3[C@@H](C)C(=O)[C@H](C)C[C@@]2(C)OC)[C@@H]1O.C#CCCOS(=O)(=O)c1ccc(C)cc1.CC[C@H]1OC(=O)[C@@](C)(F)C(=O)[C@H](C)[C@@H](O[C@@H]2O[C@H](C)C[C@H](NC)[C@H]2O)[C@](C)(OC)C[C@@H](C)C(=O)[C@H](C)C2N(CCCCn3cnc(-c4cccnc4)c3)C(=O)O[C@@]21C. The van der Waals surface area contributed by atoms with Gasteiger partial charge in [-0.15, -0.1) is 24.7 Å². The first-order chi connectivity index (χ1) is 63.6. The highest BCUT2D eigenvalue weighted by Crippen LogP contribution is 2.48. The summed E-state index contributed by atoms with van der Waals surface area (Å²) in [7, 11) is 2.68. The first-order valence-corrected chi connectivity index (χ1v) is 48.1. The Morgan fingerprint density at radius 1 is 0.596 bits per heavy atom. The lowest BCUT2D eigenvalue weighted by molar-refractivity contribution is -0.296. The number of terminal acetylenes is 2. The van der Waals surface area contributed by atoms with Crippen LogP contribution < -0.4 is 5.32 Å². The molecule has 0 saturated carbocycles. The van der Waals surface area contributed by atoms with Crippen molar-refractivity contribution in [2.24, 2.45) is 35.5 Å². The van der Waals surface area contributed by atoms with Crippen LogP contribution in [-0.4, -0.2) is 284 Å². The van der Waals surface area contributed by atoms with Gasteiger partial charge in [-0.25, -0.2) is 37.9 Å². The Bertz CT molecular complexity index is 5040. The molecular formula is C100H144F2N10O23S. The van der Waals surface area contributed by atoms with Gasteiger partial charge in [-0.05, 0) is 177 Å². The summed E-state index contributed by atoms with van der Waals surface area (Å²) in [5, 5.41) is 26.0. The summed E-state index contributed by atoms with van der Waals surface area (Å²) < 4.78 is 127. The van der Waals surface area contributed by atoms with Gasteiger partial charge >= 0.3 is 24.1 Å². The Hall–Kier alpha value is -9.41. The molecule has 5 aromatic rings. The van der Waals surface area contributed by atoms with E-state index in [2.05, 4.69) is 37.1 Å². The third-order valence-corrected chi connectivity index (χ3v) is 29.0. The van der Waals surface area contributed by atoms with Gasteiger partial charge in [-0.3, -0.25) is 38.2 Å². The Balaban J connectivity index is 0.000000288. The average molecular weight is 1920 g/mol. The zero-order valence-corrected chi connectivity index (χ0v) is 82.6. The third kappa shape index (κ3) is 25.6. The fourth-order valence-corrected chi connectivity index (χ4v) is 20.9. The maximum atomic E-state index is 17.0. The van der Waals surface area contributed by atoms with Crippen LogP contribution in [0.1, 0.15) is 201 Å². The molecule has 2 amide bonds. The van der Waals surface area contributed by atoms with Gasteiger partial charge in [0.25, 0.3) is 21.5 Å². The second kappa shape index (κ2) is 48.0. The zero-order valence-electron chi connectivity index (χ0n) is 81.8. The Morgan fingerprint density at radius 2 is 1.01 bits per heavy atom. The second-order valence-corrected chi connectivity index (χ2v) is 39.6. The molecule has 3 N–H and O–H groups in total. The maximum Gasteiger partial charge on any atom is 0.410 e. The van der Waals surface area contributed by atoms with Crippen molar-refractivity contribution in [1.82, 2.24) is 49.1 Å². The van der Waals surface area contributed by atoms with E-state index >= 15 is 8.78 Å². The molecule has 36 heteroatoms. The van der Waals surface area contributed by atoms with Crippen LogP contribution in [0.15, 0.2) is 103 Å². The molecule has 0 radical (unpaired) electrons. The molecule has 4 aromatic heterocycles. The Kier molecular flexibility index (Phi) is 39.5. The number of cyclic esters (lactones) is 2. The molecule has 0 aliphatic carbocycles. The van der Waals surface area contributed by atoms with Gasteiger partial charge in [0.05, 0.1) is 83.2 Å². The van der Waals surface area contributed by atoms with Crippen LogP contribution in [0.4, 0.5) is 18.4 Å². The summed E-state index contributed by atoms with van der Waals surface area (Å²) in [5.74, 6) is -6.75. The van der Waals surface area contributed by atoms with Gasteiger partial charge in [-0.2, -0.15) is 8.42 Å². The number of aliphatic hydroxyl groups excluding tert-OH is 2. The number of carbonyl (C=O) groups is 8. The lowest BCUT2D eigenvalue weighted by atomic mass is 9.73. The van der Waals surface area contributed by atoms with E-state index in [0.29, 0.717) is 64.6 Å². The molecule has 6 aliphatic heterocycles. The smallest absolute Gasteiger partial charge is 0.410 e. The van der Waals surface area contributed by atoms with Crippen molar-refractivity contribution in [3.63, 3.8) is 0 Å². The van der Waals surface area contributed by atoms with Crippen molar-refractivity contribution in [2.75, 3.05) is 54.6 Å². The number of Topliss-reactive ketones (excluding diaryl/α,β-unsaturated/α-hetero) is 4. The molecule has 0 spiro atoms. The number of aliphatic hydroxyl groups is 2. The number of ether oxygens (including phenoxy) is 10. The van der Waals surface area contributed by atoms with Gasteiger partial charge in [0.1, 0.15) is 36.0 Å². The van der Waals surface area contributed by atoms with Crippen molar-refractivity contribution >= 4 is 57.4 Å². The highest BCUT2D eigenvalue weighted by Gasteiger charge is 2.65. The third-order valence-electron chi connectivity index (χ3n) is 27.7. The van der Waals surface area contributed by atoms with E-state index in [-0.39, 0.29) is 81.8 Å². The fourth-order valence-electron chi connectivity index (χ4n) is 20.0. The highest BCUT2D eigenvalue weighted by atomic mass is 32.2.